The molecule has 1 unspecified atom stereocenters. The minimum atomic E-state index is -0.942. The van der Waals surface area contributed by atoms with E-state index >= 15 is 0 Å². The summed E-state index contributed by atoms with van der Waals surface area (Å²) in [6, 6.07) is 14.6. The van der Waals surface area contributed by atoms with Crippen LogP contribution in [0.5, 0.6) is 5.75 Å². The van der Waals surface area contributed by atoms with Crippen LogP contribution in [0, 0.1) is 19.3 Å². The third-order valence-corrected chi connectivity index (χ3v) is 6.50. The van der Waals surface area contributed by atoms with Crippen LogP contribution in [0.15, 0.2) is 48.5 Å². The van der Waals surface area contributed by atoms with Crippen LogP contribution in [0.1, 0.15) is 34.0 Å². The number of amides is 1. The number of anilines is 2. The van der Waals surface area contributed by atoms with Crippen LogP contribution >= 0.6 is 0 Å². The molecule has 1 atom stereocenters. The Morgan fingerprint density at radius 2 is 1.95 bits per heavy atom. The number of benzene rings is 2. The number of hydrogen-bond donors (Lipinski definition) is 4. The van der Waals surface area contributed by atoms with Gasteiger partial charge in [-0.15, -0.1) is 0 Å². The zero-order chi connectivity index (χ0) is 27.2. The van der Waals surface area contributed by atoms with E-state index in [1.165, 1.54) is 6.92 Å². The summed E-state index contributed by atoms with van der Waals surface area (Å²) in [6.45, 7) is 10.1. The Labute approximate surface area is 223 Å². The molecule has 0 aliphatic carbocycles. The highest BCUT2D eigenvalue weighted by Gasteiger charge is 2.16. The van der Waals surface area contributed by atoms with Crippen molar-refractivity contribution in [1.82, 2.24) is 9.88 Å². The van der Waals surface area contributed by atoms with Gasteiger partial charge in [-0.25, -0.2) is 4.98 Å². The summed E-state index contributed by atoms with van der Waals surface area (Å²) in [6.07, 6.45) is -0.942. The number of nitrogens with one attached hydrogen (secondary N) is 2. The van der Waals surface area contributed by atoms with Crippen molar-refractivity contribution in [3.8, 4) is 17.0 Å². The normalized spacial score (nSPS) is 14.6. The number of carbonyl (C=O) groups is 1. The van der Waals surface area contributed by atoms with Crippen molar-refractivity contribution in [3.05, 3.63) is 70.8 Å². The second kappa shape index (κ2) is 12.2. The van der Waals surface area contributed by atoms with Gasteiger partial charge in [0.05, 0.1) is 30.7 Å². The lowest BCUT2D eigenvalue weighted by atomic mass is 10.0. The number of carbonyl (C=O) groups excluding carboxylic acids is 1. The van der Waals surface area contributed by atoms with E-state index in [1.807, 2.05) is 44.2 Å². The average molecular weight is 518 g/mol. The minimum Gasteiger partial charge on any atom is -0.492 e. The topological polar surface area (TPSA) is 134 Å². The first kappa shape index (κ1) is 27.3. The molecule has 5 N–H and O–H groups in total. The molecule has 1 fully saturated rings. The standard InChI is InChI=1S/C29H35N5O4/c1-18-14-21(16-23(15-18)38-13-10-34-8-11-37-12-9-34)29(36)32-22-5-4-19(2)25(17-22)26-7-6-24(28(31)33-26)27(30)20(3)35/h4-7,14-17,20,30,35H,8-13H2,1-3H3,(H2,31,33)(H,32,36). The summed E-state index contributed by atoms with van der Waals surface area (Å²) in [5, 5.41) is 20.7. The van der Waals surface area contributed by atoms with Gasteiger partial charge < -0.3 is 31.0 Å². The summed E-state index contributed by atoms with van der Waals surface area (Å²) in [7, 11) is 0. The fourth-order valence-corrected chi connectivity index (χ4v) is 4.34. The van der Waals surface area contributed by atoms with Crippen molar-refractivity contribution in [1.29, 1.82) is 5.41 Å². The number of morpholine rings is 1. The number of rotatable bonds is 9. The quantitative estimate of drug-likeness (QED) is 0.318. The summed E-state index contributed by atoms with van der Waals surface area (Å²) in [4.78, 5) is 19.9. The molecule has 9 heteroatoms. The van der Waals surface area contributed by atoms with Crippen LogP contribution in [0.4, 0.5) is 11.5 Å². The van der Waals surface area contributed by atoms with E-state index in [0.29, 0.717) is 34.9 Å². The largest absolute Gasteiger partial charge is 0.492 e. The van der Waals surface area contributed by atoms with Gasteiger partial charge in [0.25, 0.3) is 5.91 Å². The van der Waals surface area contributed by atoms with Crippen molar-refractivity contribution in [2.75, 3.05) is 50.5 Å². The highest BCUT2D eigenvalue weighted by molar-refractivity contribution is 6.05. The molecule has 3 aromatic rings. The highest BCUT2D eigenvalue weighted by atomic mass is 16.5. The lowest BCUT2D eigenvalue weighted by Crippen LogP contribution is -2.38. The van der Waals surface area contributed by atoms with Crippen LogP contribution in [0.25, 0.3) is 11.3 Å². The summed E-state index contributed by atoms with van der Waals surface area (Å²) >= 11 is 0. The number of nitrogens with zero attached hydrogens (tertiary/aromatic N) is 2. The maximum absolute atomic E-state index is 13.1. The number of aliphatic hydroxyl groups excluding tert-OH is 1. The zero-order valence-electron chi connectivity index (χ0n) is 22.1. The van der Waals surface area contributed by atoms with E-state index in [9.17, 15) is 9.90 Å². The summed E-state index contributed by atoms with van der Waals surface area (Å²) < 4.78 is 11.3. The van der Waals surface area contributed by atoms with Crippen molar-refractivity contribution < 1.29 is 19.4 Å². The molecule has 0 bridgehead atoms. The third-order valence-electron chi connectivity index (χ3n) is 6.50. The van der Waals surface area contributed by atoms with Gasteiger partial charge in [-0.3, -0.25) is 9.69 Å². The number of aromatic nitrogens is 1. The van der Waals surface area contributed by atoms with Crippen LogP contribution in [0.2, 0.25) is 0 Å². The van der Waals surface area contributed by atoms with Gasteiger partial charge >= 0.3 is 0 Å². The van der Waals surface area contributed by atoms with Crippen molar-refractivity contribution in [3.63, 3.8) is 0 Å². The first-order chi connectivity index (χ1) is 18.2. The Hall–Kier alpha value is -3.79. The highest BCUT2D eigenvalue weighted by Crippen LogP contribution is 2.28. The van der Waals surface area contributed by atoms with Crippen LogP contribution in [-0.2, 0) is 4.74 Å². The smallest absolute Gasteiger partial charge is 0.255 e. The Morgan fingerprint density at radius 3 is 2.66 bits per heavy atom. The van der Waals surface area contributed by atoms with Gasteiger partial charge in [-0.1, -0.05) is 6.07 Å². The van der Waals surface area contributed by atoms with E-state index in [-0.39, 0.29) is 17.4 Å². The zero-order valence-corrected chi connectivity index (χ0v) is 22.1. The molecule has 2 aromatic carbocycles. The second-order valence-corrected chi connectivity index (χ2v) is 9.54. The monoisotopic (exact) mass is 517 g/mol. The van der Waals surface area contributed by atoms with Crippen molar-refractivity contribution in [2.45, 2.75) is 26.9 Å². The Morgan fingerprint density at radius 1 is 1.18 bits per heavy atom. The molecule has 1 aliphatic heterocycles. The molecule has 0 spiro atoms. The van der Waals surface area contributed by atoms with Crippen LogP contribution < -0.4 is 15.8 Å². The summed E-state index contributed by atoms with van der Waals surface area (Å²) in [5.74, 6) is 0.591. The molecule has 200 valence electrons. The number of nitrogen functional groups attached to an aromatic ring is 1. The Balaban J connectivity index is 1.47. The number of hydrogen-bond acceptors (Lipinski definition) is 8. The van der Waals surface area contributed by atoms with E-state index in [0.717, 1.165) is 49.5 Å². The minimum absolute atomic E-state index is 0.0156. The van der Waals surface area contributed by atoms with Crippen LogP contribution in [-0.4, -0.2) is 72.2 Å². The molecule has 1 aromatic heterocycles. The SMILES string of the molecule is Cc1cc(OCCN2CCOCC2)cc(C(=O)Nc2ccc(C)c(-c3ccc(C(=N)C(C)O)c(N)n3)c2)c1. The molecule has 1 amide bonds. The predicted molar refractivity (Wildman–Crippen MR) is 149 cm³/mol. The predicted octanol–water partition coefficient (Wildman–Crippen LogP) is 3.66. The molecular weight excluding hydrogens is 482 g/mol. The molecule has 38 heavy (non-hydrogen) atoms. The molecule has 1 aliphatic rings. The lowest BCUT2D eigenvalue weighted by Gasteiger charge is -2.26. The van der Waals surface area contributed by atoms with E-state index in [2.05, 4.69) is 15.2 Å². The van der Waals surface area contributed by atoms with Gasteiger partial charge in [0.1, 0.15) is 18.2 Å². The molecule has 0 radical (unpaired) electrons. The second-order valence-electron chi connectivity index (χ2n) is 9.54. The first-order valence-corrected chi connectivity index (χ1v) is 12.7. The molecule has 9 nitrogen and oxygen atoms in total. The van der Waals surface area contributed by atoms with E-state index < -0.39 is 6.10 Å². The first-order valence-electron chi connectivity index (χ1n) is 12.7. The fourth-order valence-electron chi connectivity index (χ4n) is 4.34. The molecule has 2 heterocycles. The number of aryl methyl sites for hydroxylation is 2. The number of ether oxygens (including phenoxy) is 2. The summed E-state index contributed by atoms with van der Waals surface area (Å²) in [5.41, 5.74) is 11.0. The number of nitrogens with two attached hydrogens (primary N) is 1. The fraction of sp³-hybridized carbons (Fsp3) is 0.345. The van der Waals surface area contributed by atoms with Crippen LogP contribution in [0.3, 0.4) is 0 Å². The number of pyridine rings is 1. The Bertz CT molecular complexity index is 1320. The number of aliphatic hydroxyl groups is 1. The van der Waals surface area contributed by atoms with Gasteiger partial charge in [0.15, 0.2) is 0 Å². The molecule has 0 saturated carbocycles. The van der Waals surface area contributed by atoms with Crippen molar-refractivity contribution >= 4 is 23.1 Å². The van der Waals surface area contributed by atoms with E-state index in [1.54, 1.807) is 18.2 Å². The van der Waals surface area contributed by atoms with Gasteiger partial charge in [-0.2, -0.15) is 0 Å². The maximum Gasteiger partial charge on any atom is 0.255 e. The lowest BCUT2D eigenvalue weighted by molar-refractivity contribution is 0.0322. The molecule has 4 rings (SSSR count). The molecular formula is C29H35N5O4. The van der Waals surface area contributed by atoms with E-state index in [4.69, 9.17) is 20.6 Å². The van der Waals surface area contributed by atoms with Gasteiger partial charge in [0, 0.05) is 42.0 Å². The van der Waals surface area contributed by atoms with Gasteiger partial charge in [-0.05, 0) is 74.4 Å². The molecule has 1 saturated heterocycles. The maximum atomic E-state index is 13.1. The average Bonchev–Trinajstić information content (AvgIpc) is 2.89. The van der Waals surface area contributed by atoms with Gasteiger partial charge in [0.2, 0.25) is 0 Å². The van der Waals surface area contributed by atoms with Crippen molar-refractivity contribution in [2.24, 2.45) is 0 Å². The Kier molecular flexibility index (Phi) is 8.73. The third kappa shape index (κ3) is 6.74.